The van der Waals surface area contributed by atoms with Gasteiger partial charge in [0.1, 0.15) is 17.3 Å². The molecule has 0 spiro atoms. The highest BCUT2D eigenvalue weighted by molar-refractivity contribution is 7.89. The molecular formula is C15H16ClNO3S. The molecular weight excluding hydrogens is 310 g/mol. The summed E-state index contributed by atoms with van der Waals surface area (Å²) in [6, 6.07) is 13.9. The Balaban J connectivity index is 1.90. The summed E-state index contributed by atoms with van der Waals surface area (Å²) in [5.74, 6) is 0.715. The monoisotopic (exact) mass is 325 g/mol. The van der Waals surface area contributed by atoms with Gasteiger partial charge in [-0.25, -0.2) is 13.1 Å². The summed E-state index contributed by atoms with van der Waals surface area (Å²) >= 11 is 5.88. The van der Waals surface area contributed by atoms with Gasteiger partial charge in [0.2, 0.25) is 10.0 Å². The first-order chi connectivity index (χ1) is 9.99. The summed E-state index contributed by atoms with van der Waals surface area (Å²) in [6.07, 6.45) is 0. The molecule has 6 heteroatoms. The van der Waals surface area contributed by atoms with Gasteiger partial charge in [-0.2, -0.15) is 0 Å². The zero-order valence-electron chi connectivity index (χ0n) is 11.5. The van der Waals surface area contributed by atoms with Crippen LogP contribution in [0.3, 0.4) is 0 Å². The maximum Gasteiger partial charge on any atom is 0.242 e. The topological polar surface area (TPSA) is 55.4 Å². The van der Waals surface area contributed by atoms with Gasteiger partial charge in [0.15, 0.2) is 0 Å². The molecule has 4 nitrogen and oxygen atoms in total. The Labute approximate surface area is 129 Å². The third-order valence-electron chi connectivity index (χ3n) is 2.78. The third-order valence-corrected chi connectivity index (χ3v) is 4.74. The van der Waals surface area contributed by atoms with Gasteiger partial charge in [0.05, 0.1) is 5.02 Å². The van der Waals surface area contributed by atoms with E-state index in [2.05, 4.69) is 4.72 Å². The molecule has 0 aliphatic heterocycles. The Bertz CT molecular complexity index is 716. The lowest BCUT2D eigenvalue weighted by Crippen LogP contribution is -2.28. The van der Waals surface area contributed by atoms with Crippen LogP contribution in [-0.4, -0.2) is 21.6 Å². The number of benzene rings is 2. The van der Waals surface area contributed by atoms with E-state index in [1.54, 1.807) is 18.2 Å². The largest absolute Gasteiger partial charge is 0.492 e. The van der Waals surface area contributed by atoms with E-state index < -0.39 is 10.0 Å². The number of aryl methyl sites for hydroxylation is 1. The fourth-order valence-electron chi connectivity index (χ4n) is 1.79. The van der Waals surface area contributed by atoms with Crippen molar-refractivity contribution in [1.29, 1.82) is 0 Å². The molecule has 0 aliphatic carbocycles. The minimum absolute atomic E-state index is 0.0715. The highest BCUT2D eigenvalue weighted by atomic mass is 35.5. The number of rotatable bonds is 6. The number of sulfonamides is 1. The first-order valence-electron chi connectivity index (χ1n) is 6.43. The van der Waals surface area contributed by atoms with Crippen LogP contribution in [-0.2, 0) is 10.0 Å². The fourth-order valence-corrected chi connectivity index (χ4v) is 3.32. The van der Waals surface area contributed by atoms with Gasteiger partial charge in [-0.3, -0.25) is 0 Å². The van der Waals surface area contributed by atoms with Crippen molar-refractivity contribution in [3.05, 3.63) is 59.1 Å². The summed E-state index contributed by atoms with van der Waals surface area (Å²) in [5, 5.41) is 0.199. The highest BCUT2D eigenvalue weighted by Gasteiger charge is 2.16. The van der Waals surface area contributed by atoms with Crippen molar-refractivity contribution in [2.75, 3.05) is 13.2 Å². The maximum atomic E-state index is 12.1. The van der Waals surface area contributed by atoms with Crippen LogP contribution in [0.25, 0.3) is 0 Å². The van der Waals surface area contributed by atoms with Crippen LogP contribution in [0.15, 0.2) is 53.4 Å². The van der Waals surface area contributed by atoms with Crippen LogP contribution >= 0.6 is 11.6 Å². The molecule has 0 fully saturated rings. The van der Waals surface area contributed by atoms with Crippen LogP contribution in [0, 0.1) is 6.92 Å². The molecule has 21 heavy (non-hydrogen) atoms. The van der Waals surface area contributed by atoms with E-state index in [1.165, 1.54) is 6.07 Å². The molecule has 0 radical (unpaired) electrons. The summed E-state index contributed by atoms with van der Waals surface area (Å²) in [5.41, 5.74) is 1.09. The van der Waals surface area contributed by atoms with Crippen LogP contribution in [0.4, 0.5) is 0 Å². The molecule has 1 N–H and O–H groups in total. The number of halogens is 1. The van der Waals surface area contributed by atoms with Crippen molar-refractivity contribution in [3.8, 4) is 5.75 Å². The summed E-state index contributed by atoms with van der Waals surface area (Å²) < 4.78 is 32.1. The lowest BCUT2D eigenvalue weighted by Gasteiger charge is -2.09. The summed E-state index contributed by atoms with van der Waals surface area (Å²) in [4.78, 5) is 0.0715. The Kier molecular flexibility index (Phi) is 5.22. The first kappa shape index (κ1) is 15.8. The van der Waals surface area contributed by atoms with E-state index in [1.807, 2.05) is 31.2 Å². The molecule has 2 rings (SSSR count). The van der Waals surface area contributed by atoms with Gasteiger partial charge in [-0.1, -0.05) is 35.9 Å². The average Bonchev–Trinajstić information content (AvgIpc) is 2.44. The van der Waals surface area contributed by atoms with Gasteiger partial charge in [-0.15, -0.1) is 0 Å². The van der Waals surface area contributed by atoms with E-state index in [-0.39, 0.29) is 23.1 Å². The summed E-state index contributed by atoms with van der Waals surface area (Å²) in [6.45, 7) is 2.38. The second-order valence-electron chi connectivity index (χ2n) is 4.49. The minimum Gasteiger partial charge on any atom is -0.492 e. The van der Waals surface area contributed by atoms with Crippen molar-refractivity contribution < 1.29 is 13.2 Å². The van der Waals surface area contributed by atoms with Gasteiger partial charge in [0.25, 0.3) is 0 Å². The lowest BCUT2D eigenvalue weighted by atomic mass is 10.2. The fraction of sp³-hybridized carbons (Fsp3) is 0.200. The maximum absolute atomic E-state index is 12.1. The molecule has 0 saturated carbocycles. The second kappa shape index (κ2) is 6.93. The van der Waals surface area contributed by atoms with Crippen molar-refractivity contribution in [2.45, 2.75) is 11.8 Å². The Morgan fingerprint density at radius 3 is 2.62 bits per heavy atom. The Morgan fingerprint density at radius 1 is 1.14 bits per heavy atom. The molecule has 0 heterocycles. The van der Waals surface area contributed by atoms with Gasteiger partial charge in [0, 0.05) is 6.54 Å². The molecule has 0 atom stereocenters. The number of hydrogen-bond donors (Lipinski definition) is 1. The third kappa shape index (κ3) is 4.46. The molecule has 0 unspecified atom stereocenters. The normalized spacial score (nSPS) is 11.3. The molecule has 0 saturated heterocycles. The van der Waals surface area contributed by atoms with Gasteiger partial charge >= 0.3 is 0 Å². The Hall–Kier alpha value is -1.56. The smallest absolute Gasteiger partial charge is 0.242 e. The van der Waals surface area contributed by atoms with E-state index >= 15 is 0 Å². The molecule has 0 aromatic heterocycles. The van der Waals surface area contributed by atoms with E-state index in [9.17, 15) is 8.42 Å². The van der Waals surface area contributed by atoms with Crippen LogP contribution in [0.2, 0.25) is 5.02 Å². The van der Waals surface area contributed by atoms with Gasteiger partial charge < -0.3 is 4.74 Å². The van der Waals surface area contributed by atoms with Crippen LogP contribution < -0.4 is 9.46 Å². The van der Waals surface area contributed by atoms with Crippen molar-refractivity contribution >= 4 is 21.6 Å². The number of nitrogens with one attached hydrogen (secondary N) is 1. The SMILES string of the molecule is Cc1cccc(OCCNS(=O)(=O)c2ccccc2Cl)c1. The van der Waals surface area contributed by atoms with Crippen molar-refractivity contribution in [1.82, 2.24) is 4.72 Å². The van der Waals surface area contributed by atoms with E-state index in [0.717, 1.165) is 5.56 Å². The predicted molar refractivity (Wildman–Crippen MR) is 83.3 cm³/mol. The van der Waals surface area contributed by atoms with Crippen LogP contribution in [0.1, 0.15) is 5.56 Å². The average molecular weight is 326 g/mol. The standard InChI is InChI=1S/C15H16ClNO3S/c1-12-5-4-6-13(11-12)20-10-9-17-21(18,19)15-8-3-2-7-14(15)16/h2-8,11,17H,9-10H2,1H3. The second-order valence-corrected chi connectivity index (χ2v) is 6.64. The Morgan fingerprint density at radius 2 is 1.90 bits per heavy atom. The number of ether oxygens (including phenoxy) is 1. The molecule has 0 aliphatic rings. The lowest BCUT2D eigenvalue weighted by molar-refractivity contribution is 0.322. The molecule has 2 aromatic carbocycles. The molecule has 112 valence electrons. The zero-order chi connectivity index (χ0) is 15.3. The number of hydrogen-bond acceptors (Lipinski definition) is 3. The quantitative estimate of drug-likeness (QED) is 0.831. The molecule has 0 amide bonds. The summed E-state index contributed by atoms with van der Waals surface area (Å²) in [7, 11) is -3.62. The highest BCUT2D eigenvalue weighted by Crippen LogP contribution is 2.20. The van der Waals surface area contributed by atoms with Crippen molar-refractivity contribution in [3.63, 3.8) is 0 Å². The zero-order valence-corrected chi connectivity index (χ0v) is 13.1. The van der Waals surface area contributed by atoms with Crippen molar-refractivity contribution in [2.24, 2.45) is 0 Å². The molecule has 0 bridgehead atoms. The minimum atomic E-state index is -3.62. The first-order valence-corrected chi connectivity index (χ1v) is 8.29. The van der Waals surface area contributed by atoms with Gasteiger partial charge in [-0.05, 0) is 36.8 Å². The van der Waals surface area contributed by atoms with Crippen LogP contribution in [0.5, 0.6) is 5.75 Å². The van der Waals surface area contributed by atoms with E-state index in [0.29, 0.717) is 5.75 Å². The molecule has 2 aromatic rings. The van der Waals surface area contributed by atoms with E-state index in [4.69, 9.17) is 16.3 Å². The predicted octanol–water partition coefficient (Wildman–Crippen LogP) is 3.01.